The molecule has 0 aliphatic carbocycles. The van der Waals surface area contributed by atoms with Crippen molar-refractivity contribution in [3.63, 3.8) is 0 Å². The van der Waals surface area contributed by atoms with Gasteiger partial charge in [-0.3, -0.25) is 14.5 Å². The standard InChI is InChI=1S/C15H14FNO3/c1-20-15(19)10-17(14(18)9-16)13-8-4-6-11-5-2-3-7-12(11)13/h2-8H,9-10H2,1H3. The van der Waals surface area contributed by atoms with Crippen LogP contribution in [0.4, 0.5) is 10.1 Å². The number of ether oxygens (including phenoxy) is 1. The fourth-order valence-corrected chi connectivity index (χ4v) is 2.02. The highest BCUT2D eigenvalue weighted by Crippen LogP contribution is 2.26. The molecule has 0 heterocycles. The SMILES string of the molecule is COC(=O)CN(C(=O)CF)c1cccc2ccccc12. The van der Waals surface area contributed by atoms with Crippen molar-refractivity contribution in [3.8, 4) is 0 Å². The predicted octanol–water partition coefficient (Wildman–Crippen LogP) is 2.32. The second-order valence-corrected chi connectivity index (χ2v) is 4.19. The van der Waals surface area contributed by atoms with Crippen LogP contribution in [0.25, 0.3) is 10.8 Å². The molecule has 0 aliphatic heterocycles. The molecule has 2 aromatic carbocycles. The molecule has 0 unspecified atom stereocenters. The summed E-state index contributed by atoms with van der Waals surface area (Å²) in [5, 5.41) is 1.69. The van der Waals surface area contributed by atoms with E-state index in [0.717, 1.165) is 15.7 Å². The van der Waals surface area contributed by atoms with E-state index < -0.39 is 18.6 Å². The number of carbonyl (C=O) groups excluding carboxylic acids is 2. The summed E-state index contributed by atoms with van der Waals surface area (Å²) in [5.41, 5.74) is 0.496. The van der Waals surface area contributed by atoms with E-state index in [0.29, 0.717) is 5.69 Å². The molecule has 0 saturated heterocycles. The summed E-state index contributed by atoms with van der Waals surface area (Å²) in [4.78, 5) is 24.3. The Balaban J connectivity index is 2.50. The van der Waals surface area contributed by atoms with Gasteiger partial charge in [-0.1, -0.05) is 36.4 Å². The number of hydrogen-bond acceptors (Lipinski definition) is 3. The Morgan fingerprint density at radius 2 is 1.85 bits per heavy atom. The molecule has 0 aliphatic rings. The largest absolute Gasteiger partial charge is 0.468 e. The fourth-order valence-electron chi connectivity index (χ4n) is 2.02. The summed E-state index contributed by atoms with van der Waals surface area (Å²) >= 11 is 0. The first kappa shape index (κ1) is 14.0. The third kappa shape index (κ3) is 2.77. The molecule has 104 valence electrons. The number of rotatable bonds is 4. The molecule has 0 spiro atoms. The van der Waals surface area contributed by atoms with Gasteiger partial charge in [0.25, 0.3) is 5.91 Å². The monoisotopic (exact) mass is 275 g/mol. The summed E-state index contributed by atoms with van der Waals surface area (Å²) in [5.74, 6) is -1.37. The first-order chi connectivity index (χ1) is 9.67. The Bertz CT molecular complexity index is 637. The van der Waals surface area contributed by atoms with Crippen molar-refractivity contribution in [3.05, 3.63) is 42.5 Å². The molecule has 0 radical (unpaired) electrons. The zero-order valence-electron chi connectivity index (χ0n) is 11.0. The summed E-state index contributed by atoms with van der Waals surface area (Å²) in [6, 6.07) is 12.7. The van der Waals surface area contributed by atoms with Gasteiger partial charge in [-0.2, -0.15) is 0 Å². The van der Waals surface area contributed by atoms with Crippen LogP contribution in [0.3, 0.4) is 0 Å². The molecule has 0 aromatic heterocycles. The fraction of sp³-hybridized carbons (Fsp3) is 0.200. The highest BCUT2D eigenvalue weighted by atomic mass is 19.1. The highest BCUT2D eigenvalue weighted by molar-refractivity contribution is 6.06. The minimum absolute atomic E-state index is 0.312. The number of nitrogens with zero attached hydrogens (tertiary/aromatic N) is 1. The Kier molecular flexibility index (Phi) is 4.30. The van der Waals surface area contributed by atoms with E-state index in [2.05, 4.69) is 4.74 Å². The van der Waals surface area contributed by atoms with Gasteiger partial charge in [-0.05, 0) is 11.5 Å². The van der Waals surface area contributed by atoms with Crippen molar-refractivity contribution in [2.75, 3.05) is 25.2 Å². The van der Waals surface area contributed by atoms with Crippen LogP contribution < -0.4 is 4.90 Å². The van der Waals surface area contributed by atoms with Crippen molar-refractivity contribution >= 4 is 28.3 Å². The second kappa shape index (κ2) is 6.14. The summed E-state index contributed by atoms with van der Waals surface area (Å²) < 4.78 is 17.3. The average Bonchev–Trinajstić information content (AvgIpc) is 2.51. The lowest BCUT2D eigenvalue weighted by Gasteiger charge is -2.22. The molecule has 0 bridgehead atoms. The lowest BCUT2D eigenvalue weighted by molar-refractivity contribution is -0.140. The third-order valence-electron chi connectivity index (χ3n) is 2.99. The number of esters is 1. The number of benzene rings is 2. The molecule has 4 nitrogen and oxygen atoms in total. The molecule has 2 rings (SSSR count). The summed E-state index contributed by atoms with van der Waals surface area (Å²) in [6.07, 6.45) is 0. The van der Waals surface area contributed by atoms with Gasteiger partial charge >= 0.3 is 5.97 Å². The van der Waals surface area contributed by atoms with Crippen molar-refractivity contribution in [1.29, 1.82) is 0 Å². The molecule has 20 heavy (non-hydrogen) atoms. The van der Waals surface area contributed by atoms with E-state index in [1.807, 2.05) is 30.3 Å². The summed E-state index contributed by atoms with van der Waals surface area (Å²) in [7, 11) is 1.23. The van der Waals surface area contributed by atoms with E-state index in [-0.39, 0.29) is 6.54 Å². The Morgan fingerprint density at radius 1 is 1.15 bits per heavy atom. The topological polar surface area (TPSA) is 46.6 Å². The number of halogens is 1. The quantitative estimate of drug-likeness (QED) is 0.804. The van der Waals surface area contributed by atoms with Crippen molar-refractivity contribution in [2.24, 2.45) is 0 Å². The zero-order valence-corrected chi connectivity index (χ0v) is 11.0. The van der Waals surface area contributed by atoms with Crippen LogP contribution >= 0.6 is 0 Å². The maximum atomic E-state index is 12.7. The Morgan fingerprint density at radius 3 is 2.55 bits per heavy atom. The highest BCUT2D eigenvalue weighted by Gasteiger charge is 2.20. The minimum Gasteiger partial charge on any atom is -0.468 e. The Hall–Kier alpha value is -2.43. The molecule has 1 amide bonds. The van der Waals surface area contributed by atoms with Crippen LogP contribution in [0.15, 0.2) is 42.5 Å². The number of methoxy groups -OCH3 is 1. The van der Waals surface area contributed by atoms with Gasteiger partial charge < -0.3 is 4.74 Å². The molecular formula is C15H14FNO3. The molecule has 0 fully saturated rings. The van der Waals surface area contributed by atoms with E-state index in [1.165, 1.54) is 7.11 Å². The van der Waals surface area contributed by atoms with Crippen LogP contribution in [0.2, 0.25) is 0 Å². The number of hydrogen-bond donors (Lipinski definition) is 0. The number of alkyl halides is 1. The summed E-state index contributed by atoms with van der Waals surface area (Å²) in [6.45, 7) is -1.48. The van der Waals surface area contributed by atoms with Gasteiger partial charge in [0.2, 0.25) is 0 Å². The van der Waals surface area contributed by atoms with Gasteiger partial charge in [0.05, 0.1) is 12.8 Å². The van der Waals surface area contributed by atoms with Crippen LogP contribution in [0.5, 0.6) is 0 Å². The lowest BCUT2D eigenvalue weighted by Crippen LogP contribution is -2.37. The van der Waals surface area contributed by atoms with Crippen molar-refractivity contribution in [2.45, 2.75) is 0 Å². The van der Waals surface area contributed by atoms with Gasteiger partial charge in [0, 0.05) is 5.39 Å². The van der Waals surface area contributed by atoms with E-state index in [1.54, 1.807) is 12.1 Å². The molecule has 0 atom stereocenters. The van der Waals surface area contributed by atoms with Crippen molar-refractivity contribution < 1.29 is 18.7 Å². The number of amides is 1. The van der Waals surface area contributed by atoms with Gasteiger partial charge in [-0.25, -0.2) is 4.39 Å². The van der Waals surface area contributed by atoms with E-state index >= 15 is 0 Å². The lowest BCUT2D eigenvalue weighted by atomic mass is 10.1. The van der Waals surface area contributed by atoms with Gasteiger partial charge in [0.1, 0.15) is 6.54 Å². The van der Waals surface area contributed by atoms with Gasteiger partial charge in [0.15, 0.2) is 6.67 Å². The maximum Gasteiger partial charge on any atom is 0.325 e. The molecule has 0 N–H and O–H groups in total. The molecule has 2 aromatic rings. The third-order valence-corrected chi connectivity index (χ3v) is 2.99. The average molecular weight is 275 g/mol. The van der Waals surface area contributed by atoms with Crippen molar-refractivity contribution in [1.82, 2.24) is 0 Å². The van der Waals surface area contributed by atoms with Crippen LogP contribution in [0, 0.1) is 0 Å². The number of anilines is 1. The first-order valence-corrected chi connectivity index (χ1v) is 6.08. The van der Waals surface area contributed by atoms with Crippen LogP contribution in [-0.4, -0.2) is 32.2 Å². The maximum absolute atomic E-state index is 12.7. The van der Waals surface area contributed by atoms with E-state index in [9.17, 15) is 14.0 Å². The number of fused-ring (bicyclic) bond motifs is 1. The van der Waals surface area contributed by atoms with Crippen LogP contribution in [0.1, 0.15) is 0 Å². The molecule has 0 saturated carbocycles. The smallest absolute Gasteiger partial charge is 0.325 e. The van der Waals surface area contributed by atoms with Gasteiger partial charge in [-0.15, -0.1) is 0 Å². The molecule has 5 heteroatoms. The van der Waals surface area contributed by atoms with Crippen LogP contribution in [-0.2, 0) is 14.3 Å². The predicted molar refractivity (Wildman–Crippen MR) is 74.3 cm³/mol. The Labute approximate surface area is 115 Å². The number of carbonyl (C=O) groups is 2. The molecular weight excluding hydrogens is 261 g/mol. The normalized spacial score (nSPS) is 10.3. The van der Waals surface area contributed by atoms with E-state index in [4.69, 9.17) is 0 Å². The second-order valence-electron chi connectivity index (χ2n) is 4.19. The zero-order chi connectivity index (χ0) is 14.5. The minimum atomic E-state index is -1.17. The first-order valence-electron chi connectivity index (χ1n) is 6.08.